The molecule has 0 aliphatic carbocycles. The molecule has 2 heterocycles. The minimum absolute atomic E-state index is 0.388. The van der Waals surface area contributed by atoms with Crippen LogP contribution in [-0.4, -0.2) is 21.2 Å². The summed E-state index contributed by atoms with van der Waals surface area (Å²) in [4.78, 5) is 8.63. The Balaban J connectivity index is 1.70. The number of thiazole rings is 1. The third-order valence-corrected chi connectivity index (χ3v) is 6.31. The molecule has 0 radical (unpaired) electrons. The van der Waals surface area contributed by atoms with Gasteiger partial charge in [-0.3, -0.25) is 14.0 Å². The Morgan fingerprint density at radius 1 is 0.903 bits per heavy atom. The van der Waals surface area contributed by atoms with Crippen molar-refractivity contribution in [1.82, 2.24) is 9.97 Å². The standard InChI is InChI=1S/C22H28N3O4PS/c1-21(2,3)28-30(26,29-22(4,5)6)27-18-9-7-17(8-10-18)24-20-25-19(15-31-20)16-11-13-23-14-12-16/h7-15H,1-6H3,(H,24,25). The van der Waals surface area contributed by atoms with E-state index in [0.717, 1.165) is 22.1 Å². The second kappa shape index (κ2) is 9.09. The van der Waals surface area contributed by atoms with Crippen molar-refractivity contribution in [2.24, 2.45) is 0 Å². The summed E-state index contributed by atoms with van der Waals surface area (Å²) in [6, 6.07) is 10.9. The van der Waals surface area contributed by atoms with E-state index in [-0.39, 0.29) is 0 Å². The average Bonchev–Trinajstić information content (AvgIpc) is 3.09. The van der Waals surface area contributed by atoms with E-state index in [1.165, 1.54) is 11.3 Å². The minimum Gasteiger partial charge on any atom is -0.404 e. The van der Waals surface area contributed by atoms with Gasteiger partial charge in [-0.25, -0.2) is 9.55 Å². The van der Waals surface area contributed by atoms with E-state index in [1.54, 1.807) is 66.1 Å². The Hall–Kier alpha value is -2.25. The SMILES string of the molecule is CC(C)(C)OP(=O)(Oc1ccc(Nc2nc(-c3ccncc3)cs2)cc1)OC(C)(C)C. The second-order valence-electron chi connectivity index (χ2n) is 8.87. The zero-order chi connectivity index (χ0) is 22.7. The molecule has 0 saturated heterocycles. The maximum atomic E-state index is 13.2. The fourth-order valence-electron chi connectivity index (χ4n) is 2.56. The van der Waals surface area contributed by atoms with Crippen LogP contribution in [0.3, 0.4) is 0 Å². The highest BCUT2D eigenvalue weighted by atomic mass is 32.1. The zero-order valence-electron chi connectivity index (χ0n) is 18.6. The van der Waals surface area contributed by atoms with Crippen LogP contribution in [-0.2, 0) is 13.6 Å². The normalized spacial score (nSPS) is 12.6. The Morgan fingerprint density at radius 2 is 1.48 bits per heavy atom. The van der Waals surface area contributed by atoms with Crippen LogP contribution < -0.4 is 9.84 Å². The summed E-state index contributed by atoms with van der Waals surface area (Å²) in [6.45, 7) is 10.8. The first-order chi connectivity index (χ1) is 14.4. The minimum atomic E-state index is -3.83. The molecule has 3 rings (SSSR count). The van der Waals surface area contributed by atoms with Crippen LogP contribution in [0.25, 0.3) is 11.3 Å². The van der Waals surface area contributed by atoms with Crippen molar-refractivity contribution in [1.29, 1.82) is 0 Å². The summed E-state index contributed by atoms with van der Waals surface area (Å²) >= 11 is 1.51. The molecular formula is C22H28N3O4PS. The zero-order valence-corrected chi connectivity index (χ0v) is 20.3. The van der Waals surface area contributed by atoms with E-state index < -0.39 is 19.0 Å². The van der Waals surface area contributed by atoms with Gasteiger partial charge in [0.15, 0.2) is 5.13 Å². The van der Waals surface area contributed by atoms with E-state index in [4.69, 9.17) is 13.6 Å². The number of anilines is 2. The number of nitrogens with zero attached hydrogens (tertiary/aromatic N) is 2. The first-order valence-corrected chi connectivity index (χ1v) is 12.2. The van der Waals surface area contributed by atoms with E-state index >= 15 is 0 Å². The molecule has 0 bridgehead atoms. The molecule has 1 N–H and O–H groups in total. The van der Waals surface area contributed by atoms with Crippen LogP contribution in [0.5, 0.6) is 5.75 Å². The van der Waals surface area contributed by atoms with Crippen molar-refractivity contribution in [2.75, 3.05) is 5.32 Å². The molecule has 0 aliphatic rings. The lowest BCUT2D eigenvalue weighted by Crippen LogP contribution is -2.25. The average molecular weight is 462 g/mol. The van der Waals surface area contributed by atoms with Crippen molar-refractivity contribution in [2.45, 2.75) is 52.7 Å². The van der Waals surface area contributed by atoms with E-state index in [1.807, 2.05) is 29.6 Å². The topological polar surface area (TPSA) is 82.6 Å². The first-order valence-electron chi connectivity index (χ1n) is 9.85. The second-order valence-corrected chi connectivity index (χ2v) is 11.2. The van der Waals surface area contributed by atoms with Gasteiger partial charge in [0.1, 0.15) is 5.75 Å². The van der Waals surface area contributed by atoms with Gasteiger partial charge in [0.05, 0.1) is 16.9 Å². The summed E-state index contributed by atoms with van der Waals surface area (Å²) in [5.74, 6) is 0.388. The predicted octanol–water partition coefficient (Wildman–Crippen LogP) is 7.07. The molecule has 3 aromatic rings. The number of phosphoric ester groups is 1. The highest BCUT2D eigenvalue weighted by Crippen LogP contribution is 2.55. The largest absolute Gasteiger partial charge is 0.531 e. The molecule has 0 unspecified atom stereocenters. The van der Waals surface area contributed by atoms with Gasteiger partial charge in [-0.1, -0.05) is 0 Å². The van der Waals surface area contributed by atoms with Crippen LogP contribution >= 0.6 is 19.2 Å². The maximum absolute atomic E-state index is 13.2. The molecule has 31 heavy (non-hydrogen) atoms. The van der Waals surface area contributed by atoms with Crippen LogP contribution in [0, 0.1) is 0 Å². The van der Waals surface area contributed by atoms with Gasteiger partial charge >= 0.3 is 7.82 Å². The molecule has 0 saturated carbocycles. The van der Waals surface area contributed by atoms with Crippen LogP contribution in [0.1, 0.15) is 41.5 Å². The maximum Gasteiger partial charge on any atom is 0.531 e. The Labute approximate surface area is 187 Å². The predicted molar refractivity (Wildman–Crippen MR) is 125 cm³/mol. The number of nitrogens with one attached hydrogen (secondary N) is 1. The molecular weight excluding hydrogens is 433 g/mol. The molecule has 166 valence electrons. The molecule has 7 nitrogen and oxygen atoms in total. The third-order valence-electron chi connectivity index (χ3n) is 3.57. The van der Waals surface area contributed by atoms with E-state index in [2.05, 4.69) is 15.3 Å². The lowest BCUT2D eigenvalue weighted by molar-refractivity contribution is 0.0224. The molecule has 2 aromatic heterocycles. The van der Waals surface area contributed by atoms with Gasteiger partial charge in [-0.05, 0) is 77.9 Å². The Kier molecular flexibility index (Phi) is 6.86. The highest BCUT2D eigenvalue weighted by Gasteiger charge is 2.38. The number of benzene rings is 1. The van der Waals surface area contributed by atoms with Crippen molar-refractivity contribution in [3.8, 4) is 17.0 Å². The van der Waals surface area contributed by atoms with E-state index in [9.17, 15) is 4.57 Å². The summed E-state index contributed by atoms with van der Waals surface area (Å²) in [6.07, 6.45) is 3.48. The van der Waals surface area contributed by atoms with Gasteiger partial charge in [-0.2, -0.15) is 0 Å². The van der Waals surface area contributed by atoms with Gasteiger partial charge in [0.25, 0.3) is 0 Å². The van der Waals surface area contributed by atoms with Gasteiger partial charge in [0, 0.05) is 29.0 Å². The van der Waals surface area contributed by atoms with Crippen LogP contribution in [0.4, 0.5) is 10.8 Å². The van der Waals surface area contributed by atoms with Crippen molar-refractivity contribution >= 4 is 30.0 Å². The number of aromatic nitrogens is 2. The smallest absolute Gasteiger partial charge is 0.404 e. The molecule has 1 aromatic carbocycles. The van der Waals surface area contributed by atoms with Gasteiger partial charge in [-0.15, -0.1) is 11.3 Å². The molecule has 0 spiro atoms. The van der Waals surface area contributed by atoms with Crippen LogP contribution in [0.2, 0.25) is 0 Å². The molecule has 0 aliphatic heterocycles. The van der Waals surface area contributed by atoms with Gasteiger partial charge in [0.2, 0.25) is 0 Å². The lowest BCUT2D eigenvalue weighted by atomic mass is 10.2. The first kappa shape index (κ1) is 23.4. The highest BCUT2D eigenvalue weighted by molar-refractivity contribution is 7.49. The molecule has 0 atom stereocenters. The van der Waals surface area contributed by atoms with Crippen LogP contribution in [0.15, 0.2) is 54.2 Å². The van der Waals surface area contributed by atoms with Crippen molar-refractivity contribution in [3.05, 3.63) is 54.2 Å². The van der Waals surface area contributed by atoms with Gasteiger partial charge < -0.3 is 9.84 Å². The fourth-order valence-corrected chi connectivity index (χ4v) is 5.14. The summed E-state index contributed by atoms with van der Waals surface area (Å²) in [5.41, 5.74) is 1.33. The third kappa shape index (κ3) is 7.43. The Morgan fingerprint density at radius 3 is 2.03 bits per heavy atom. The summed E-state index contributed by atoms with van der Waals surface area (Å²) < 4.78 is 30.2. The quantitative estimate of drug-likeness (QED) is 0.377. The number of hydrogen-bond donors (Lipinski definition) is 1. The lowest BCUT2D eigenvalue weighted by Gasteiger charge is -2.30. The number of phosphoric acid groups is 1. The number of hydrogen-bond acceptors (Lipinski definition) is 8. The summed E-state index contributed by atoms with van der Waals surface area (Å²) in [7, 11) is -3.83. The number of pyridine rings is 1. The molecule has 9 heteroatoms. The van der Waals surface area contributed by atoms with E-state index in [0.29, 0.717) is 5.75 Å². The van der Waals surface area contributed by atoms with Crippen molar-refractivity contribution in [3.63, 3.8) is 0 Å². The fraction of sp³-hybridized carbons (Fsp3) is 0.364. The summed E-state index contributed by atoms with van der Waals surface area (Å²) in [5, 5.41) is 6.01. The van der Waals surface area contributed by atoms with Crippen molar-refractivity contribution < 1.29 is 18.1 Å². The Bertz CT molecular complexity index is 1020. The molecule has 0 amide bonds. The monoisotopic (exact) mass is 461 g/mol. The molecule has 0 fully saturated rings. The number of rotatable bonds is 7.